The standard InChI is InChI=1S/C40H25NO/c1-2-11-28(12-3-1)41(29-21-23-35-34-16-8-9-17-38(34)42-39(35)24-29)37-25-36-32(31-14-6-7-15-33(31)37)22-20-27-19-18-26-10-4-5-13-30(26)40(27)36/h1-25H. The van der Waals surface area contributed by atoms with E-state index in [2.05, 4.69) is 144 Å². The van der Waals surface area contributed by atoms with Crippen LogP contribution in [-0.4, -0.2) is 0 Å². The fourth-order valence-corrected chi connectivity index (χ4v) is 6.71. The Balaban J connectivity index is 1.41. The maximum atomic E-state index is 6.35. The second-order valence-electron chi connectivity index (χ2n) is 10.9. The Bertz CT molecular complexity index is 2470. The van der Waals surface area contributed by atoms with Crippen LogP contribution < -0.4 is 4.90 Å². The molecule has 0 bridgehead atoms. The molecule has 196 valence electrons. The summed E-state index contributed by atoms with van der Waals surface area (Å²) in [6.45, 7) is 0. The first-order chi connectivity index (χ1) is 20.8. The first-order valence-electron chi connectivity index (χ1n) is 14.4. The number of benzene rings is 8. The maximum absolute atomic E-state index is 6.35. The van der Waals surface area contributed by atoms with Gasteiger partial charge in [-0.2, -0.15) is 0 Å². The van der Waals surface area contributed by atoms with Gasteiger partial charge in [0.1, 0.15) is 11.2 Å². The van der Waals surface area contributed by atoms with Gasteiger partial charge in [-0.1, -0.05) is 109 Å². The molecule has 0 N–H and O–H groups in total. The molecule has 42 heavy (non-hydrogen) atoms. The van der Waals surface area contributed by atoms with Crippen molar-refractivity contribution in [2.24, 2.45) is 0 Å². The van der Waals surface area contributed by atoms with E-state index in [0.717, 1.165) is 39.0 Å². The van der Waals surface area contributed by atoms with Gasteiger partial charge in [0.25, 0.3) is 0 Å². The molecule has 0 spiro atoms. The number of fused-ring (bicyclic) bond motifs is 10. The molecule has 8 aromatic carbocycles. The van der Waals surface area contributed by atoms with E-state index in [0.29, 0.717) is 0 Å². The highest BCUT2D eigenvalue weighted by Crippen LogP contribution is 2.45. The summed E-state index contributed by atoms with van der Waals surface area (Å²) in [6, 6.07) is 54.4. The number of rotatable bonds is 3. The quantitative estimate of drug-likeness (QED) is 0.209. The zero-order chi connectivity index (χ0) is 27.6. The van der Waals surface area contributed by atoms with Crippen LogP contribution in [0.1, 0.15) is 0 Å². The fourth-order valence-electron chi connectivity index (χ4n) is 6.71. The van der Waals surface area contributed by atoms with Gasteiger partial charge in [0.05, 0.1) is 5.69 Å². The summed E-state index contributed by atoms with van der Waals surface area (Å²) in [5, 5.41) is 12.3. The molecule has 9 rings (SSSR count). The molecular weight excluding hydrogens is 510 g/mol. The number of nitrogens with zero attached hydrogens (tertiary/aromatic N) is 1. The van der Waals surface area contributed by atoms with E-state index < -0.39 is 0 Å². The van der Waals surface area contributed by atoms with E-state index in [1.807, 2.05) is 12.1 Å². The van der Waals surface area contributed by atoms with Gasteiger partial charge in [-0.15, -0.1) is 0 Å². The Hall–Kier alpha value is -5.60. The molecule has 9 aromatic rings. The van der Waals surface area contributed by atoms with Gasteiger partial charge in [0, 0.05) is 33.6 Å². The van der Waals surface area contributed by atoms with Crippen molar-refractivity contribution in [3.63, 3.8) is 0 Å². The van der Waals surface area contributed by atoms with Crippen molar-refractivity contribution < 1.29 is 4.42 Å². The highest BCUT2D eigenvalue weighted by atomic mass is 16.3. The molecule has 0 saturated heterocycles. The van der Waals surface area contributed by atoms with Crippen LogP contribution in [-0.2, 0) is 0 Å². The third kappa shape index (κ3) is 3.39. The van der Waals surface area contributed by atoms with Gasteiger partial charge in [-0.3, -0.25) is 0 Å². The molecule has 0 fully saturated rings. The summed E-state index contributed by atoms with van der Waals surface area (Å²) in [6.07, 6.45) is 0. The minimum absolute atomic E-state index is 0.885. The van der Waals surface area contributed by atoms with E-state index in [9.17, 15) is 0 Å². The molecule has 0 saturated carbocycles. The molecule has 0 amide bonds. The van der Waals surface area contributed by atoms with Crippen LogP contribution >= 0.6 is 0 Å². The fraction of sp³-hybridized carbons (Fsp3) is 0. The van der Waals surface area contributed by atoms with Crippen molar-refractivity contribution in [1.82, 2.24) is 0 Å². The van der Waals surface area contributed by atoms with E-state index in [1.165, 1.54) is 43.1 Å². The number of hydrogen-bond donors (Lipinski definition) is 0. The van der Waals surface area contributed by atoms with Crippen molar-refractivity contribution in [1.29, 1.82) is 0 Å². The molecule has 2 nitrogen and oxygen atoms in total. The topological polar surface area (TPSA) is 16.4 Å². The predicted octanol–water partition coefficient (Wildman–Crippen LogP) is 11.7. The lowest BCUT2D eigenvalue weighted by Gasteiger charge is -2.27. The lowest BCUT2D eigenvalue weighted by molar-refractivity contribution is 0.669. The second-order valence-corrected chi connectivity index (χ2v) is 10.9. The van der Waals surface area contributed by atoms with Crippen LogP contribution in [0.25, 0.3) is 65.0 Å². The minimum Gasteiger partial charge on any atom is -0.456 e. The molecule has 0 aliphatic carbocycles. The van der Waals surface area contributed by atoms with Gasteiger partial charge in [-0.25, -0.2) is 0 Å². The molecule has 2 heteroatoms. The molecule has 0 atom stereocenters. The first-order valence-corrected chi connectivity index (χ1v) is 14.4. The average molecular weight is 536 g/mol. The van der Waals surface area contributed by atoms with Gasteiger partial charge >= 0.3 is 0 Å². The Morgan fingerprint density at radius 3 is 1.86 bits per heavy atom. The molecule has 0 aliphatic heterocycles. The Morgan fingerprint density at radius 2 is 0.976 bits per heavy atom. The monoisotopic (exact) mass is 535 g/mol. The van der Waals surface area contributed by atoms with Gasteiger partial charge < -0.3 is 9.32 Å². The second kappa shape index (κ2) is 8.95. The van der Waals surface area contributed by atoms with E-state index >= 15 is 0 Å². The van der Waals surface area contributed by atoms with Crippen molar-refractivity contribution in [2.75, 3.05) is 4.90 Å². The van der Waals surface area contributed by atoms with Crippen LogP contribution in [0, 0.1) is 0 Å². The van der Waals surface area contributed by atoms with E-state index in [1.54, 1.807) is 0 Å². The molecule has 1 aromatic heterocycles. The van der Waals surface area contributed by atoms with Crippen LogP contribution in [0.3, 0.4) is 0 Å². The number of hydrogen-bond acceptors (Lipinski definition) is 2. The van der Waals surface area contributed by atoms with Crippen LogP contribution in [0.2, 0.25) is 0 Å². The molecule has 0 unspecified atom stereocenters. The lowest BCUT2D eigenvalue weighted by atomic mass is 9.92. The summed E-state index contributed by atoms with van der Waals surface area (Å²) in [5.41, 5.74) is 5.09. The highest BCUT2D eigenvalue weighted by Gasteiger charge is 2.20. The van der Waals surface area contributed by atoms with Crippen molar-refractivity contribution in [2.45, 2.75) is 0 Å². The Kier molecular flexibility index (Phi) is 4.93. The highest BCUT2D eigenvalue weighted by molar-refractivity contribution is 6.27. The average Bonchev–Trinajstić information content (AvgIpc) is 3.43. The predicted molar refractivity (Wildman–Crippen MR) is 178 cm³/mol. The zero-order valence-electron chi connectivity index (χ0n) is 22.8. The summed E-state index contributed by atoms with van der Waals surface area (Å²) >= 11 is 0. The zero-order valence-corrected chi connectivity index (χ0v) is 22.8. The largest absolute Gasteiger partial charge is 0.456 e. The summed E-state index contributed by atoms with van der Waals surface area (Å²) < 4.78 is 6.35. The minimum atomic E-state index is 0.885. The molecular formula is C40H25NO. The Morgan fingerprint density at radius 1 is 0.357 bits per heavy atom. The lowest BCUT2D eigenvalue weighted by Crippen LogP contribution is -2.10. The maximum Gasteiger partial charge on any atom is 0.137 e. The summed E-state index contributed by atoms with van der Waals surface area (Å²) in [4.78, 5) is 2.37. The normalized spacial score (nSPS) is 11.8. The Labute approximate surface area is 242 Å². The van der Waals surface area contributed by atoms with Crippen LogP contribution in [0.5, 0.6) is 0 Å². The summed E-state index contributed by atoms with van der Waals surface area (Å²) in [7, 11) is 0. The number of furan rings is 1. The van der Waals surface area contributed by atoms with Crippen LogP contribution in [0.15, 0.2) is 156 Å². The molecule has 0 radical (unpaired) electrons. The van der Waals surface area contributed by atoms with Gasteiger partial charge in [0.2, 0.25) is 0 Å². The molecule has 0 aliphatic rings. The molecule has 1 heterocycles. The number of anilines is 3. The smallest absolute Gasteiger partial charge is 0.137 e. The summed E-state index contributed by atoms with van der Waals surface area (Å²) in [5.74, 6) is 0. The van der Waals surface area contributed by atoms with Crippen molar-refractivity contribution in [3.05, 3.63) is 152 Å². The van der Waals surface area contributed by atoms with Crippen LogP contribution in [0.4, 0.5) is 17.1 Å². The van der Waals surface area contributed by atoms with Gasteiger partial charge in [-0.05, 0) is 74.1 Å². The first kappa shape index (κ1) is 23.1. The van der Waals surface area contributed by atoms with E-state index in [4.69, 9.17) is 4.42 Å². The third-order valence-corrected chi connectivity index (χ3v) is 8.60. The SMILES string of the molecule is c1ccc(N(c2ccc3c(c2)oc2ccccc23)c2cc3c(ccc4ccc5ccccc5c43)c3ccccc23)cc1. The van der Waals surface area contributed by atoms with Crippen molar-refractivity contribution in [3.8, 4) is 0 Å². The third-order valence-electron chi connectivity index (χ3n) is 8.60. The van der Waals surface area contributed by atoms with Gasteiger partial charge in [0.15, 0.2) is 0 Å². The number of para-hydroxylation sites is 2. The van der Waals surface area contributed by atoms with E-state index in [-0.39, 0.29) is 0 Å². The van der Waals surface area contributed by atoms with Crippen molar-refractivity contribution >= 4 is 82.1 Å².